The van der Waals surface area contributed by atoms with E-state index in [4.69, 9.17) is 4.74 Å². The molecular weight excluding hydrogens is 366 g/mol. The van der Waals surface area contributed by atoms with Crippen molar-refractivity contribution in [2.45, 2.75) is 13.8 Å². The minimum Gasteiger partial charge on any atom is -0.459 e. The van der Waals surface area contributed by atoms with Crippen molar-refractivity contribution in [1.82, 2.24) is 0 Å². The molecule has 146 valence electrons. The maximum Gasteiger partial charge on any atom is 0.397 e. The number of hydrogen-bond acceptors (Lipinski definition) is 7. The second-order valence-electron chi connectivity index (χ2n) is 5.30. The number of amides is 2. The quantitative estimate of drug-likeness (QED) is 0.576. The van der Waals surface area contributed by atoms with E-state index in [1.165, 1.54) is 38.1 Å². The topological polar surface area (TPSA) is 99.2 Å². The second-order valence-corrected chi connectivity index (χ2v) is 5.30. The van der Waals surface area contributed by atoms with Crippen LogP contribution in [0.4, 0.5) is 5.69 Å². The zero-order valence-corrected chi connectivity index (χ0v) is 15.4. The van der Waals surface area contributed by atoms with Gasteiger partial charge in [-0.15, -0.1) is 0 Å². The van der Waals surface area contributed by atoms with Crippen LogP contribution in [-0.4, -0.2) is 37.0 Å². The third-order valence-corrected chi connectivity index (χ3v) is 3.38. The summed E-state index contributed by atoms with van der Waals surface area (Å²) in [6.45, 7) is 2.91. The average molecular weight is 385 g/mol. The van der Waals surface area contributed by atoms with Gasteiger partial charge in [-0.05, 0) is 50.2 Å². The van der Waals surface area contributed by atoms with Gasteiger partial charge in [0.25, 0.3) is 0 Å². The van der Waals surface area contributed by atoms with Crippen LogP contribution in [0.1, 0.15) is 13.8 Å². The molecule has 0 fully saturated rings. The van der Waals surface area contributed by atoms with E-state index in [0.717, 1.165) is 0 Å². The van der Waals surface area contributed by atoms with Gasteiger partial charge in [-0.3, -0.25) is 9.59 Å². The van der Waals surface area contributed by atoms with Gasteiger partial charge in [0.05, 0.1) is 18.9 Å². The van der Waals surface area contributed by atoms with E-state index >= 15 is 0 Å². The second kappa shape index (κ2) is 9.86. The maximum absolute atomic E-state index is 12.4. The molecule has 0 radical (unpaired) electrons. The summed E-state index contributed by atoms with van der Waals surface area (Å²) in [6, 6.07) is 14.7. The number of ether oxygens (including phenoxy) is 3. The molecule has 0 saturated heterocycles. The third kappa shape index (κ3) is 5.16. The van der Waals surface area contributed by atoms with E-state index in [9.17, 15) is 19.2 Å². The number of anilines is 1. The fourth-order valence-electron chi connectivity index (χ4n) is 2.18. The number of carbonyl (C=O) groups is 4. The molecule has 0 saturated carbocycles. The first-order valence-corrected chi connectivity index (χ1v) is 8.53. The van der Waals surface area contributed by atoms with E-state index in [1.807, 2.05) is 6.07 Å². The van der Waals surface area contributed by atoms with E-state index in [-0.39, 0.29) is 18.9 Å². The minimum absolute atomic E-state index is 0.00322. The minimum atomic E-state index is -1.29. The summed E-state index contributed by atoms with van der Waals surface area (Å²) < 4.78 is 14.9. The zero-order valence-electron chi connectivity index (χ0n) is 15.4. The Bertz CT molecular complexity index is 817. The fraction of sp³-hybridized carbons (Fsp3) is 0.200. The number of carbonyl (C=O) groups excluding carboxylic acids is 4. The molecular formula is C20H19NO7. The van der Waals surface area contributed by atoms with Crippen LogP contribution in [0, 0.1) is 0 Å². The molecule has 0 N–H and O–H groups in total. The van der Waals surface area contributed by atoms with Crippen LogP contribution >= 0.6 is 0 Å². The number of hydrogen-bond donors (Lipinski definition) is 0. The Morgan fingerprint density at radius 1 is 0.714 bits per heavy atom. The SMILES string of the molecule is CCOC(=O)C(=O)N(C(=O)C(=O)OCC)c1ccc(Oc2ccccc2)cc1. The summed E-state index contributed by atoms with van der Waals surface area (Å²) in [5.74, 6) is -4.08. The summed E-state index contributed by atoms with van der Waals surface area (Å²) in [4.78, 5) is 48.7. The van der Waals surface area contributed by atoms with Crippen molar-refractivity contribution < 1.29 is 33.4 Å². The number of rotatable bonds is 5. The molecule has 0 aliphatic rings. The van der Waals surface area contributed by atoms with Gasteiger partial charge in [0, 0.05) is 0 Å². The van der Waals surface area contributed by atoms with Crippen molar-refractivity contribution in [2.24, 2.45) is 0 Å². The summed E-state index contributed by atoms with van der Waals surface area (Å²) in [5.41, 5.74) is -0.00322. The van der Waals surface area contributed by atoms with Crippen LogP contribution < -0.4 is 9.64 Å². The summed E-state index contributed by atoms with van der Waals surface area (Å²) in [6.07, 6.45) is 0. The van der Waals surface area contributed by atoms with Crippen molar-refractivity contribution in [1.29, 1.82) is 0 Å². The van der Waals surface area contributed by atoms with Crippen LogP contribution in [0.25, 0.3) is 0 Å². The van der Waals surface area contributed by atoms with Crippen LogP contribution in [-0.2, 0) is 28.7 Å². The molecule has 28 heavy (non-hydrogen) atoms. The smallest absolute Gasteiger partial charge is 0.397 e. The van der Waals surface area contributed by atoms with Gasteiger partial charge >= 0.3 is 23.8 Å². The van der Waals surface area contributed by atoms with Crippen LogP contribution in [0.3, 0.4) is 0 Å². The van der Waals surface area contributed by atoms with Crippen molar-refractivity contribution >= 4 is 29.4 Å². The molecule has 0 bridgehead atoms. The van der Waals surface area contributed by atoms with Crippen molar-refractivity contribution in [3.05, 3.63) is 54.6 Å². The summed E-state index contributed by atoms with van der Waals surface area (Å²) in [5, 5.41) is 0. The Morgan fingerprint density at radius 3 is 1.64 bits per heavy atom. The van der Waals surface area contributed by atoms with Crippen molar-refractivity contribution in [2.75, 3.05) is 18.1 Å². The molecule has 8 heteroatoms. The highest BCUT2D eigenvalue weighted by atomic mass is 16.5. The lowest BCUT2D eigenvalue weighted by molar-refractivity contribution is -0.157. The molecule has 0 unspecified atom stereocenters. The molecule has 2 rings (SSSR count). The third-order valence-electron chi connectivity index (χ3n) is 3.38. The largest absolute Gasteiger partial charge is 0.459 e. The van der Waals surface area contributed by atoms with E-state index < -0.39 is 23.8 Å². The number of nitrogens with zero attached hydrogens (tertiary/aromatic N) is 1. The molecule has 0 spiro atoms. The van der Waals surface area contributed by atoms with E-state index in [2.05, 4.69) is 9.47 Å². The first-order valence-electron chi connectivity index (χ1n) is 8.53. The first kappa shape index (κ1) is 20.6. The Kier molecular flexibility index (Phi) is 7.27. The van der Waals surface area contributed by atoms with Crippen molar-refractivity contribution in [3.63, 3.8) is 0 Å². The van der Waals surface area contributed by atoms with Crippen LogP contribution in [0.15, 0.2) is 54.6 Å². The molecule has 2 aromatic carbocycles. The van der Waals surface area contributed by atoms with Gasteiger partial charge in [0.2, 0.25) is 0 Å². The molecule has 0 aromatic heterocycles. The van der Waals surface area contributed by atoms with E-state index in [1.54, 1.807) is 24.3 Å². The molecule has 0 heterocycles. The van der Waals surface area contributed by atoms with Gasteiger partial charge in [-0.2, -0.15) is 0 Å². The average Bonchev–Trinajstić information content (AvgIpc) is 2.70. The molecule has 8 nitrogen and oxygen atoms in total. The number of benzene rings is 2. The molecule has 2 amide bonds. The Hall–Kier alpha value is -3.68. The molecule has 0 aliphatic carbocycles. The Morgan fingerprint density at radius 2 is 1.18 bits per heavy atom. The van der Waals surface area contributed by atoms with Crippen LogP contribution in [0.5, 0.6) is 11.5 Å². The Labute approximate surface area is 161 Å². The highest BCUT2D eigenvalue weighted by molar-refractivity contribution is 6.52. The van der Waals surface area contributed by atoms with Gasteiger partial charge in [0.15, 0.2) is 0 Å². The summed E-state index contributed by atoms with van der Waals surface area (Å²) in [7, 11) is 0. The van der Waals surface area contributed by atoms with E-state index in [0.29, 0.717) is 16.4 Å². The highest BCUT2D eigenvalue weighted by Gasteiger charge is 2.35. The normalized spacial score (nSPS) is 9.93. The molecule has 2 aromatic rings. The predicted octanol–water partition coefficient (Wildman–Crippen LogP) is 2.46. The lowest BCUT2D eigenvalue weighted by Gasteiger charge is -2.19. The standard InChI is InChI=1S/C20H19NO7/c1-3-26-19(24)17(22)21(18(23)20(25)27-4-2)14-10-12-16(13-11-14)28-15-8-6-5-7-9-15/h5-13H,3-4H2,1-2H3. The molecule has 0 aliphatic heterocycles. The number of esters is 2. The predicted molar refractivity (Wildman–Crippen MR) is 98.7 cm³/mol. The van der Waals surface area contributed by atoms with Gasteiger partial charge in [-0.1, -0.05) is 18.2 Å². The highest BCUT2D eigenvalue weighted by Crippen LogP contribution is 2.25. The summed E-state index contributed by atoms with van der Waals surface area (Å²) >= 11 is 0. The van der Waals surface area contributed by atoms with Crippen molar-refractivity contribution in [3.8, 4) is 11.5 Å². The molecule has 0 atom stereocenters. The first-order chi connectivity index (χ1) is 13.5. The van der Waals surface area contributed by atoms with Gasteiger partial charge < -0.3 is 14.2 Å². The monoisotopic (exact) mass is 385 g/mol. The zero-order chi connectivity index (χ0) is 20.5. The van der Waals surface area contributed by atoms with Gasteiger partial charge in [-0.25, -0.2) is 14.5 Å². The fourth-order valence-corrected chi connectivity index (χ4v) is 2.18. The van der Waals surface area contributed by atoms with Gasteiger partial charge in [0.1, 0.15) is 11.5 Å². The maximum atomic E-state index is 12.4. The Balaban J connectivity index is 2.29. The van der Waals surface area contributed by atoms with Crippen LogP contribution in [0.2, 0.25) is 0 Å². The number of imide groups is 1. The number of para-hydroxylation sites is 1. The lowest BCUT2D eigenvalue weighted by Crippen LogP contribution is -2.46. The lowest BCUT2D eigenvalue weighted by atomic mass is 10.2.